The maximum absolute atomic E-state index is 13.8. The highest BCUT2D eigenvalue weighted by Crippen LogP contribution is 2.28. The van der Waals surface area contributed by atoms with Crippen LogP contribution < -0.4 is 9.62 Å². The molecule has 3 aromatic rings. The molecule has 8 heteroatoms. The van der Waals surface area contributed by atoms with Crippen molar-refractivity contribution in [3.8, 4) is 0 Å². The Balaban J connectivity index is 2.00. The van der Waals surface area contributed by atoms with Gasteiger partial charge < -0.3 is 10.2 Å². The average molecular weight is 510 g/mol. The van der Waals surface area contributed by atoms with Crippen LogP contribution in [0.5, 0.6) is 0 Å². The van der Waals surface area contributed by atoms with E-state index in [0.29, 0.717) is 18.7 Å². The van der Waals surface area contributed by atoms with E-state index in [2.05, 4.69) is 5.32 Å². The van der Waals surface area contributed by atoms with Crippen LogP contribution in [0.1, 0.15) is 37.8 Å². The van der Waals surface area contributed by atoms with Gasteiger partial charge >= 0.3 is 0 Å². The second-order valence-corrected chi connectivity index (χ2v) is 10.9. The van der Waals surface area contributed by atoms with Gasteiger partial charge in [0.25, 0.3) is 0 Å². The highest BCUT2D eigenvalue weighted by molar-refractivity contribution is 7.92. The van der Waals surface area contributed by atoms with Gasteiger partial charge in [-0.2, -0.15) is 0 Å². The molecule has 0 unspecified atom stereocenters. The fraction of sp³-hybridized carbons (Fsp3) is 0.357. The summed E-state index contributed by atoms with van der Waals surface area (Å²) in [5, 5.41) is 4.49. The lowest BCUT2D eigenvalue weighted by Crippen LogP contribution is -2.52. The van der Waals surface area contributed by atoms with Crippen LogP contribution in [0.25, 0.3) is 10.8 Å². The molecule has 0 heterocycles. The second kappa shape index (κ2) is 12.0. The van der Waals surface area contributed by atoms with Gasteiger partial charge in [-0.05, 0) is 36.8 Å². The normalized spacial score (nSPS) is 12.2. The number of rotatable bonds is 11. The highest BCUT2D eigenvalue weighted by atomic mass is 32.2. The van der Waals surface area contributed by atoms with Crippen LogP contribution >= 0.6 is 0 Å². The first-order valence-corrected chi connectivity index (χ1v) is 14.1. The molecule has 2 amide bonds. The Bertz CT molecular complexity index is 1300. The van der Waals surface area contributed by atoms with Gasteiger partial charge in [-0.25, -0.2) is 8.42 Å². The third-order valence-electron chi connectivity index (χ3n) is 6.12. The Morgan fingerprint density at radius 3 is 2.25 bits per heavy atom. The zero-order chi connectivity index (χ0) is 26.3. The van der Waals surface area contributed by atoms with Crippen molar-refractivity contribution >= 4 is 38.3 Å². The van der Waals surface area contributed by atoms with Crippen molar-refractivity contribution < 1.29 is 18.0 Å². The summed E-state index contributed by atoms with van der Waals surface area (Å²) < 4.78 is 27.0. The summed E-state index contributed by atoms with van der Waals surface area (Å²) >= 11 is 0. The Hall–Kier alpha value is -3.39. The molecule has 0 saturated heterocycles. The molecule has 0 spiro atoms. The number of hydrogen-bond acceptors (Lipinski definition) is 4. The molecule has 1 N–H and O–H groups in total. The third kappa shape index (κ3) is 6.63. The summed E-state index contributed by atoms with van der Waals surface area (Å²) in [7, 11) is -3.80. The number of carbonyl (C=O) groups is 2. The van der Waals surface area contributed by atoms with E-state index >= 15 is 0 Å². The van der Waals surface area contributed by atoms with Crippen molar-refractivity contribution in [3.05, 3.63) is 77.9 Å². The van der Waals surface area contributed by atoms with Crippen LogP contribution in [0.3, 0.4) is 0 Å². The van der Waals surface area contributed by atoms with Crippen LogP contribution in [-0.4, -0.2) is 50.5 Å². The number of amides is 2. The molecule has 192 valence electrons. The number of anilines is 1. The first-order valence-electron chi connectivity index (χ1n) is 12.2. The van der Waals surface area contributed by atoms with Crippen molar-refractivity contribution in [1.29, 1.82) is 0 Å². The lowest BCUT2D eigenvalue weighted by molar-refractivity contribution is -0.140. The molecule has 7 nitrogen and oxygen atoms in total. The van der Waals surface area contributed by atoms with Crippen LogP contribution in [0.2, 0.25) is 0 Å². The van der Waals surface area contributed by atoms with E-state index in [1.807, 2.05) is 75.4 Å². The smallest absolute Gasteiger partial charge is 0.244 e. The molecule has 0 radical (unpaired) electrons. The van der Waals surface area contributed by atoms with Crippen molar-refractivity contribution in [1.82, 2.24) is 10.2 Å². The Labute approximate surface area is 214 Å². The van der Waals surface area contributed by atoms with Crippen molar-refractivity contribution in [2.45, 2.75) is 46.2 Å². The zero-order valence-electron chi connectivity index (χ0n) is 21.4. The summed E-state index contributed by atoms with van der Waals surface area (Å²) in [6.07, 6.45) is 2.27. The predicted octanol–water partition coefficient (Wildman–Crippen LogP) is 4.25. The fourth-order valence-corrected chi connectivity index (χ4v) is 5.06. The number of sulfonamides is 1. The molecule has 36 heavy (non-hydrogen) atoms. The van der Waals surface area contributed by atoms with Gasteiger partial charge in [-0.3, -0.25) is 13.9 Å². The van der Waals surface area contributed by atoms with Crippen LogP contribution in [0.4, 0.5) is 5.69 Å². The number of nitrogens with one attached hydrogen (secondary N) is 1. The molecule has 1 atom stereocenters. The first-order chi connectivity index (χ1) is 17.2. The maximum atomic E-state index is 13.8. The largest absolute Gasteiger partial charge is 0.354 e. The topological polar surface area (TPSA) is 86.8 Å². The minimum atomic E-state index is -3.80. The van der Waals surface area contributed by atoms with Crippen molar-refractivity contribution in [3.63, 3.8) is 0 Å². The monoisotopic (exact) mass is 509 g/mol. The van der Waals surface area contributed by atoms with Gasteiger partial charge in [-0.1, -0.05) is 80.1 Å². The Morgan fingerprint density at radius 2 is 1.61 bits per heavy atom. The first kappa shape index (κ1) is 27.2. The van der Waals surface area contributed by atoms with Gasteiger partial charge in [0, 0.05) is 18.5 Å². The number of benzene rings is 3. The zero-order valence-corrected chi connectivity index (χ0v) is 22.2. The molecule has 0 bridgehead atoms. The lowest BCUT2D eigenvalue weighted by atomic mass is 10.1. The van der Waals surface area contributed by atoms with Crippen molar-refractivity contribution in [2.75, 3.05) is 23.7 Å². The van der Waals surface area contributed by atoms with Crippen LogP contribution in [-0.2, 0) is 26.2 Å². The highest BCUT2D eigenvalue weighted by Gasteiger charge is 2.32. The van der Waals surface area contributed by atoms with Crippen LogP contribution in [0, 0.1) is 6.92 Å². The van der Waals surface area contributed by atoms with Gasteiger partial charge in [0.2, 0.25) is 21.8 Å². The Morgan fingerprint density at radius 1 is 0.944 bits per heavy atom. The molecule has 0 aliphatic carbocycles. The molecular weight excluding hydrogens is 474 g/mol. The molecule has 0 fully saturated rings. The maximum Gasteiger partial charge on any atom is 0.244 e. The molecule has 0 saturated carbocycles. The molecule has 0 aliphatic heterocycles. The fourth-order valence-electron chi connectivity index (χ4n) is 4.20. The lowest BCUT2D eigenvalue weighted by Gasteiger charge is -2.33. The molecule has 3 rings (SSSR count). The number of nitrogens with zero attached hydrogens (tertiary/aromatic N) is 2. The average Bonchev–Trinajstić information content (AvgIpc) is 2.86. The Kier molecular flexibility index (Phi) is 9.09. The minimum absolute atomic E-state index is 0.199. The van der Waals surface area contributed by atoms with E-state index in [1.54, 1.807) is 12.1 Å². The minimum Gasteiger partial charge on any atom is -0.354 e. The second-order valence-electron chi connectivity index (χ2n) is 8.99. The van der Waals surface area contributed by atoms with Crippen LogP contribution in [0.15, 0.2) is 66.7 Å². The number of hydrogen-bond donors (Lipinski definition) is 1. The number of fused-ring (bicyclic) bond motifs is 1. The standard InChI is InChI=1S/C28H35N3O4S/c1-5-18-29-28(33)25(6-2)30(19-22-16-14-21(3)15-17-22)27(32)20-31(36(4,34)35)26-13-9-11-23-10-7-8-12-24(23)26/h7-17,25H,5-6,18-20H2,1-4H3,(H,29,33)/t25-/m0/s1. The summed E-state index contributed by atoms with van der Waals surface area (Å²) in [5.41, 5.74) is 2.39. The summed E-state index contributed by atoms with van der Waals surface area (Å²) in [5.74, 6) is -0.677. The van der Waals surface area contributed by atoms with Gasteiger partial charge in [0.1, 0.15) is 12.6 Å². The molecular formula is C28H35N3O4S. The number of carbonyl (C=O) groups excluding carboxylic acids is 2. The van der Waals surface area contributed by atoms with E-state index in [1.165, 1.54) is 4.90 Å². The summed E-state index contributed by atoms with van der Waals surface area (Å²) in [4.78, 5) is 28.3. The van der Waals surface area contributed by atoms with Gasteiger partial charge in [0.05, 0.1) is 11.9 Å². The molecule has 0 aliphatic rings. The SMILES string of the molecule is CCCNC(=O)[C@H](CC)N(Cc1ccc(C)cc1)C(=O)CN(c1cccc2ccccc12)S(C)(=O)=O. The molecule has 0 aromatic heterocycles. The van der Waals surface area contributed by atoms with E-state index in [0.717, 1.165) is 38.9 Å². The van der Waals surface area contributed by atoms with Gasteiger partial charge in [-0.15, -0.1) is 0 Å². The van der Waals surface area contributed by atoms with E-state index in [-0.39, 0.29) is 12.5 Å². The quantitative estimate of drug-likeness (QED) is 0.419. The molecule has 3 aromatic carbocycles. The predicted molar refractivity (Wildman–Crippen MR) is 145 cm³/mol. The van der Waals surface area contributed by atoms with E-state index in [4.69, 9.17) is 0 Å². The number of aryl methyl sites for hydroxylation is 1. The van der Waals surface area contributed by atoms with Crippen molar-refractivity contribution in [2.24, 2.45) is 0 Å². The van der Waals surface area contributed by atoms with E-state index in [9.17, 15) is 18.0 Å². The van der Waals surface area contributed by atoms with Gasteiger partial charge in [0.15, 0.2) is 0 Å². The summed E-state index contributed by atoms with van der Waals surface area (Å²) in [6, 6.07) is 19.9. The summed E-state index contributed by atoms with van der Waals surface area (Å²) in [6.45, 7) is 6.09. The van der Waals surface area contributed by atoms with E-state index < -0.39 is 28.5 Å². The third-order valence-corrected chi connectivity index (χ3v) is 7.25.